The summed E-state index contributed by atoms with van der Waals surface area (Å²) in [5.41, 5.74) is 1.55. The fourth-order valence-electron chi connectivity index (χ4n) is 2.67. The van der Waals surface area contributed by atoms with E-state index in [2.05, 4.69) is 64.7 Å². The van der Waals surface area contributed by atoms with Gasteiger partial charge in [0.25, 0.3) is 0 Å². The van der Waals surface area contributed by atoms with Gasteiger partial charge in [-0.05, 0) is 37.1 Å². The molecule has 2 rings (SSSR count). The molecule has 0 radical (unpaired) electrons. The van der Waals surface area contributed by atoms with E-state index in [0.29, 0.717) is 6.04 Å². The van der Waals surface area contributed by atoms with Gasteiger partial charge in [0.1, 0.15) is 0 Å². The van der Waals surface area contributed by atoms with Gasteiger partial charge in [0, 0.05) is 29.0 Å². The summed E-state index contributed by atoms with van der Waals surface area (Å²) in [6, 6.07) is 9.29. The molecule has 1 aliphatic heterocycles. The lowest BCUT2D eigenvalue weighted by Crippen LogP contribution is -2.44. The number of rotatable bonds is 5. The Morgan fingerprint density at radius 3 is 2.89 bits per heavy atom. The van der Waals surface area contributed by atoms with Crippen molar-refractivity contribution in [3.63, 3.8) is 0 Å². The Morgan fingerprint density at radius 1 is 1.37 bits per heavy atom. The molecule has 0 saturated carbocycles. The lowest BCUT2D eigenvalue weighted by atomic mass is 9.84. The van der Waals surface area contributed by atoms with Crippen molar-refractivity contribution in [3.05, 3.63) is 34.3 Å². The second kappa shape index (κ2) is 6.87. The summed E-state index contributed by atoms with van der Waals surface area (Å²) in [6.45, 7) is 7.88. The lowest BCUT2D eigenvalue weighted by Gasteiger charge is -2.29. The molecule has 1 heterocycles. The monoisotopic (exact) mass is 324 g/mol. The Morgan fingerprint density at radius 2 is 2.21 bits per heavy atom. The Hall–Kier alpha value is -0.380. The SMILES string of the molecule is CC(C)(CNCC1CCCCN1)c1cccc(Br)c1. The van der Waals surface area contributed by atoms with E-state index < -0.39 is 0 Å². The second-order valence-electron chi connectivity index (χ2n) is 6.17. The van der Waals surface area contributed by atoms with Gasteiger partial charge in [-0.1, -0.05) is 48.3 Å². The third-order valence-electron chi connectivity index (χ3n) is 3.98. The summed E-state index contributed by atoms with van der Waals surface area (Å²) >= 11 is 3.55. The molecule has 0 aliphatic carbocycles. The van der Waals surface area contributed by atoms with Gasteiger partial charge in [-0.15, -0.1) is 0 Å². The summed E-state index contributed by atoms with van der Waals surface area (Å²) in [5, 5.41) is 7.22. The zero-order valence-corrected chi connectivity index (χ0v) is 13.6. The van der Waals surface area contributed by atoms with E-state index in [9.17, 15) is 0 Å². The molecule has 1 aromatic rings. The van der Waals surface area contributed by atoms with E-state index in [4.69, 9.17) is 0 Å². The van der Waals surface area contributed by atoms with Crippen molar-refractivity contribution < 1.29 is 0 Å². The van der Waals surface area contributed by atoms with Crippen LogP contribution in [0.5, 0.6) is 0 Å². The molecule has 0 bridgehead atoms. The van der Waals surface area contributed by atoms with E-state index in [-0.39, 0.29) is 5.41 Å². The van der Waals surface area contributed by atoms with Crippen LogP contribution in [-0.2, 0) is 5.41 Å². The number of hydrogen-bond acceptors (Lipinski definition) is 2. The standard InChI is InChI=1S/C16H25BrN2/c1-16(2,13-6-5-7-14(17)10-13)12-18-11-15-8-3-4-9-19-15/h5-7,10,15,18-19H,3-4,8-9,11-12H2,1-2H3. The first-order valence-electron chi connectivity index (χ1n) is 7.28. The number of nitrogens with one attached hydrogen (secondary N) is 2. The van der Waals surface area contributed by atoms with Crippen LogP contribution in [0.4, 0.5) is 0 Å². The third-order valence-corrected chi connectivity index (χ3v) is 4.47. The summed E-state index contributed by atoms with van der Waals surface area (Å²) in [5.74, 6) is 0. The van der Waals surface area contributed by atoms with Gasteiger partial charge in [0.15, 0.2) is 0 Å². The first-order valence-corrected chi connectivity index (χ1v) is 8.07. The molecule has 1 atom stereocenters. The summed E-state index contributed by atoms with van der Waals surface area (Å²) in [6.07, 6.45) is 4.01. The van der Waals surface area contributed by atoms with Crippen molar-refractivity contribution in [2.45, 2.75) is 44.6 Å². The first-order chi connectivity index (χ1) is 9.08. The van der Waals surface area contributed by atoms with Crippen LogP contribution in [0.3, 0.4) is 0 Å². The highest BCUT2D eigenvalue weighted by atomic mass is 79.9. The zero-order valence-electron chi connectivity index (χ0n) is 12.0. The maximum absolute atomic E-state index is 3.64. The third kappa shape index (κ3) is 4.59. The van der Waals surface area contributed by atoms with Crippen molar-refractivity contribution in [1.29, 1.82) is 0 Å². The predicted octanol–water partition coefficient (Wildman–Crippen LogP) is 3.46. The van der Waals surface area contributed by atoms with Crippen LogP contribution in [0.15, 0.2) is 28.7 Å². The Balaban J connectivity index is 1.83. The smallest absolute Gasteiger partial charge is 0.0192 e. The van der Waals surface area contributed by atoms with Gasteiger partial charge in [0.05, 0.1) is 0 Å². The van der Waals surface area contributed by atoms with Crippen LogP contribution in [0.2, 0.25) is 0 Å². The van der Waals surface area contributed by atoms with Crippen molar-refractivity contribution >= 4 is 15.9 Å². The Kier molecular flexibility index (Phi) is 5.43. The fraction of sp³-hybridized carbons (Fsp3) is 0.625. The van der Waals surface area contributed by atoms with E-state index in [1.165, 1.54) is 31.4 Å². The molecule has 1 aromatic carbocycles. The molecular weight excluding hydrogens is 300 g/mol. The Labute approximate surface area is 125 Å². The zero-order chi connectivity index (χ0) is 13.7. The van der Waals surface area contributed by atoms with Crippen LogP contribution in [0.25, 0.3) is 0 Å². The summed E-state index contributed by atoms with van der Waals surface area (Å²) < 4.78 is 1.16. The largest absolute Gasteiger partial charge is 0.314 e. The maximum Gasteiger partial charge on any atom is 0.0192 e. The molecule has 1 aliphatic rings. The average molecular weight is 325 g/mol. The van der Waals surface area contributed by atoms with Gasteiger partial charge in [-0.2, -0.15) is 0 Å². The van der Waals surface area contributed by atoms with Crippen LogP contribution >= 0.6 is 15.9 Å². The minimum absolute atomic E-state index is 0.165. The number of hydrogen-bond donors (Lipinski definition) is 2. The molecule has 3 heteroatoms. The fourth-order valence-corrected chi connectivity index (χ4v) is 3.07. The molecule has 2 N–H and O–H groups in total. The maximum atomic E-state index is 3.64. The topological polar surface area (TPSA) is 24.1 Å². The molecule has 1 fully saturated rings. The quantitative estimate of drug-likeness (QED) is 0.866. The summed E-state index contributed by atoms with van der Waals surface area (Å²) in [4.78, 5) is 0. The van der Waals surface area contributed by atoms with E-state index in [0.717, 1.165) is 17.6 Å². The predicted molar refractivity (Wildman–Crippen MR) is 85.7 cm³/mol. The molecule has 0 amide bonds. The minimum atomic E-state index is 0.165. The van der Waals surface area contributed by atoms with Gasteiger partial charge >= 0.3 is 0 Å². The molecule has 1 unspecified atom stereocenters. The average Bonchev–Trinajstić information content (AvgIpc) is 2.40. The lowest BCUT2D eigenvalue weighted by molar-refractivity contribution is 0.366. The molecular formula is C16H25BrN2. The van der Waals surface area contributed by atoms with Crippen LogP contribution in [0, 0.1) is 0 Å². The number of piperidine rings is 1. The molecule has 0 aromatic heterocycles. The van der Waals surface area contributed by atoms with E-state index in [1.54, 1.807) is 0 Å². The second-order valence-corrected chi connectivity index (χ2v) is 7.09. The Bertz CT molecular complexity index is 397. The van der Waals surface area contributed by atoms with E-state index >= 15 is 0 Å². The first kappa shape index (κ1) is 15.0. The van der Waals surface area contributed by atoms with E-state index in [1.807, 2.05) is 0 Å². The van der Waals surface area contributed by atoms with Gasteiger partial charge in [0.2, 0.25) is 0 Å². The molecule has 1 saturated heterocycles. The highest BCUT2D eigenvalue weighted by Gasteiger charge is 2.21. The van der Waals surface area contributed by atoms with Crippen LogP contribution in [-0.4, -0.2) is 25.7 Å². The van der Waals surface area contributed by atoms with Crippen LogP contribution < -0.4 is 10.6 Å². The van der Waals surface area contributed by atoms with Crippen molar-refractivity contribution in [3.8, 4) is 0 Å². The normalized spacial score (nSPS) is 20.5. The highest BCUT2D eigenvalue weighted by Crippen LogP contribution is 2.25. The number of benzene rings is 1. The molecule has 2 nitrogen and oxygen atoms in total. The number of halogens is 1. The molecule has 19 heavy (non-hydrogen) atoms. The van der Waals surface area contributed by atoms with Crippen molar-refractivity contribution in [2.75, 3.05) is 19.6 Å². The van der Waals surface area contributed by atoms with Gasteiger partial charge < -0.3 is 10.6 Å². The van der Waals surface area contributed by atoms with Gasteiger partial charge in [-0.25, -0.2) is 0 Å². The highest BCUT2D eigenvalue weighted by molar-refractivity contribution is 9.10. The van der Waals surface area contributed by atoms with Crippen molar-refractivity contribution in [1.82, 2.24) is 10.6 Å². The van der Waals surface area contributed by atoms with Crippen LogP contribution in [0.1, 0.15) is 38.7 Å². The summed E-state index contributed by atoms with van der Waals surface area (Å²) in [7, 11) is 0. The molecule has 0 spiro atoms. The molecule has 106 valence electrons. The minimum Gasteiger partial charge on any atom is -0.314 e. The van der Waals surface area contributed by atoms with Gasteiger partial charge in [-0.3, -0.25) is 0 Å². The van der Waals surface area contributed by atoms with Crippen molar-refractivity contribution in [2.24, 2.45) is 0 Å².